The van der Waals surface area contributed by atoms with Crippen LogP contribution in [0.25, 0.3) is 0 Å². The van der Waals surface area contributed by atoms with E-state index in [4.69, 9.17) is 15.3 Å². The lowest BCUT2D eigenvalue weighted by Crippen LogP contribution is -2.35. The molecule has 2 N–H and O–H groups in total. The summed E-state index contributed by atoms with van der Waals surface area (Å²) in [5.41, 5.74) is 6.66. The molecule has 1 heterocycles. The second-order valence-corrected chi connectivity index (χ2v) is 3.91. The third-order valence-corrected chi connectivity index (χ3v) is 2.68. The Labute approximate surface area is 100 Å². The van der Waals surface area contributed by atoms with E-state index in [0.717, 1.165) is 12.8 Å². The monoisotopic (exact) mass is 236 g/mol. The van der Waals surface area contributed by atoms with Crippen molar-refractivity contribution in [2.24, 2.45) is 0 Å². The van der Waals surface area contributed by atoms with Crippen molar-refractivity contribution < 1.29 is 14.4 Å². The highest BCUT2D eigenvalue weighted by Gasteiger charge is 2.22. The highest BCUT2D eigenvalue weighted by molar-refractivity contribution is 5.97. The van der Waals surface area contributed by atoms with Gasteiger partial charge < -0.3 is 10.5 Å². The summed E-state index contributed by atoms with van der Waals surface area (Å²) in [6.07, 6.45) is 1.94. The molecule has 0 radical (unpaired) electrons. The number of nitrogens with zero attached hydrogens (tertiary/aromatic N) is 1. The van der Waals surface area contributed by atoms with E-state index in [9.17, 15) is 4.79 Å². The van der Waals surface area contributed by atoms with Crippen molar-refractivity contribution in [3.63, 3.8) is 0 Å². The van der Waals surface area contributed by atoms with Crippen LogP contribution in [0.5, 0.6) is 5.75 Å². The van der Waals surface area contributed by atoms with Crippen LogP contribution >= 0.6 is 0 Å². The SMILES string of the molecule is COc1ccc(N)cc1C(=O)N1CCCCO1. The quantitative estimate of drug-likeness (QED) is 0.789. The zero-order valence-electron chi connectivity index (χ0n) is 9.81. The second kappa shape index (κ2) is 5.05. The number of nitrogens with two attached hydrogens (primary N) is 1. The molecule has 1 aliphatic heterocycles. The van der Waals surface area contributed by atoms with Gasteiger partial charge in [-0.2, -0.15) is 0 Å². The van der Waals surface area contributed by atoms with Gasteiger partial charge in [0.05, 0.1) is 19.3 Å². The van der Waals surface area contributed by atoms with Crippen LogP contribution in [0, 0.1) is 0 Å². The van der Waals surface area contributed by atoms with Crippen LogP contribution in [-0.4, -0.2) is 31.2 Å². The fraction of sp³-hybridized carbons (Fsp3) is 0.417. The molecule has 2 rings (SSSR count). The van der Waals surface area contributed by atoms with Crippen molar-refractivity contribution in [2.45, 2.75) is 12.8 Å². The molecule has 0 unspecified atom stereocenters. The van der Waals surface area contributed by atoms with Crippen molar-refractivity contribution in [2.75, 3.05) is 26.0 Å². The van der Waals surface area contributed by atoms with Gasteiger partial charge in [-0.3, -0.25) is 9.63 Å². The minimum Gasteiger partial charge on any atom is -0.496 e. The normalized spacial score (nSPS) is 15.7. The van der Waals surface area contributed by atoms with Crippen LogP contribution in [0.4, 0.5) is 5.69 Å². The molecule has 1 fully saturated rings. The Morgan fingerprint density at radius 2 is 2.29 bits per heavy atom. The maximum absolute atomic E-state index is 12.2. The van der Waals surface area contributed by atoms with Gasteiger partial charge >= 0.3 is 0 Å². The smallest absolute Gasteiger partial charge is 0.281 e. The summed E-state index contributed by atoms with van der Waals surface area (Å²) >= 11 is 0. The minimum absolute atomic E-state index is 0.200. The number of anilines is 1. The van der Waals surface area contributed by atoms with Crippen molar-refractivity contribution in [3.05, 3.63) is 23.8 Å². The van der Waals surface area contributed by atoms with Gasteiger partial charge in [-0.25, -0.2) is 5.06 Å². The Kier molecular flexibility index (Phi) is 3.49. The number of carbonyl (C=O) groups is 1. The van der Waals surface area contributed by atoms with Crippen LogP contribution < -0.4 is 10.5 Å². The molecular formula is C12H16N2O3. The number of hydroxylamine groups is 2. The number of rotatable bonds is 2. The van der Waals surface area contributed by atoms with E-state index in [1.165, 1.54) is 12.2 Å². The van der Waals surface area contributed by atoms with Gasteiger partial charge in [-0.15, -0.1) is 0 Å². The Balaban J connectivity index is 2.25. The van der Waals surface area contributed by atoms with Gasteiger partial charge in [0.2, 0.25) is 0 Å². The van der Waals surface area contributed by atoms with E-state index in [2.05, 4.69) is 0 Å². The Morgan fingerprint density at radius 3 is 2.94 bits per heavy atom. The fourth-order valence-electron chi connectivity index (χ4n) is 1.78. The number of carbonyl (C=O) groups excluding carboxylic acids is 1. The van der Waals surface area contributed by atoms with Crippen molar-refractivity contribution in [1.29, 1.82) is 0 Å². The highest BCUT2D eigenvalue weighted by Crippen LogP contribution is 2.23. The average molecular weight is 236 g/mol. The number of nitrogen functional groups attached to an aromatic ring is 1. The summed E-state index contributed by atoms with van der Waals surface area (Å²) in [4.78, 5) is 17.5. The summed E-state index contributed by atoms with van der Waals surface area (Å²) in [5.74, 6) is 0.312. The number of methoxy groups -OCH3 is 1. The zero-order chi connectivity index (χ0) is 12.3. The summed E-state index contributed by atoms with van der Waals surface area (Å²) in [6.45, 7) is 1.19. The second-order valence-electron chi connectivity index (χ2n) is 3.91. The summed E-state index contributed by atoms with van der Waals surface area (Å²) < 4.78 is 5.15. The molecule has 0 atom stereocenters. The molecular weight excluding hydrogens is 220 g/mol. The van der Waals surface area contributed by atoms with E-state index < -0.39 is 0 Å². The van der Waals surface area contributed by atoms with Gasteiger partial charge in [-0.1, -0.05) is 0 Å². The van der Waals surface area contributed by atoms with Crippen LogP contribution in [0.3, 0.4) is 0 Å². The lowest BCUT2D eigenvalue weighted by atomic mass is 10.1. The van der Waals surface area contributed by atoms with Crippen LogP contribution in [-0.2, 0) is 4.84 Å². The summed E-state index contributed by atoms with van der Waals surface area (Å²) in [6, 6.07) is 5.00. The standard InChI is InChI=1S/C12H16N2O3/c1-16-11-5-4-9(13)8-10(11)12(15)14-6-2-3-7-17-14/h4-5,8H,2-3,6-7,13H2,1H3. The Morgan fingerprint density at radius 1 is 1.47 bits per heavy atom. The summed E-state index contributed by atoms with van der Waals surface area (Å²) in [5, 5.41) is 1.38. The van der Waals surface area contributed by atoms with E-state index in [-0.39, 0.29) is 5.91 Å². The van der Waals surface area contributed by atoms with Crippen LogP contribution in [0.15, 0.2) is 18.2 Å². The number of hydrogen-bond acceptors (Lipinski definition) is 4. The molecule has 1 aromatic rings. The lowest BCUT2D eigenvalue weighted by Gasteiger charge is -2.26. The molecule has 5 nitrogen and oxygen atoms in total. The predicted molar refractivity (Wildman–Crippen MR) is 63.6 cm³/mol. The molecule has 5 heteroatoms. The number of amides is 1. The molecule has 1 saturated heterocycles. The van der Waals surface area contributed by atoms with Crippen molar-refractivity contribution in [1.82, 2.24) is 5.06 Å². The largest absolute Gasteiger partial charge is 0.496 e. The third kappa shape index (κ3) is 2.50. The van der Waals surface area contributed by atoms with Crippen LogP contribution in [0.1, 0.15) is 23.2 Å². The Bertz CT molecular complexity index is 414. The molecule has 0 bridgehead atoms. The molecule has 1 amide bonds. The summed E-state index contributed by atoms with van der Waals surface area (Å²) in [7, 11) is 1.53. The minimum atomic E-state index is -0.200. The lowest BCUT2D eigenvalue weighted by molar-refractivity contribution is -0.144. The van der Waals surface area contributed by atoms with Crippen LogP contribution in [0.2, 0.25) is 0 Å². The molecule has 1 aromatic carbocycles. The topological polar surface area (TPSA) is 64.8 Å². The van der Waals surface area contributed by atoms with Gasteiger partial charge in [0.1, 0.15) is 5.75 Å². The Hall–Kier alpha value is -1.75. The molecule has 1 aliphatic rings. The van der Waals surface area contributed by atoms with Gasteiger partial charge in [-0.05, 0) is 31.0 Å². The average Bonchev–Trinajstić information content (AvgIpc) is 2.39. The molecule has 0 aliphatic carbocycles. The van der Waals surface area contributed by atoms with E-state index in [1.54, 1.807) is 18.2 Å². The van der Waals surface area contributed by atoms with Crippen molar-refractivity contribution in [3.8, 4) is 5.75 Å². The molecule has 92 valence electrons. The van der Waals surface area contributed by atoms with E-state index in [1.807, 2.05) is 0 Å². The number of ether oxygens (including phenoxy) is 1. The van der Waals surface area contributed by atoms with Gasteiger partial charge in [0.25, 0.3) is 5.91 Å². The van der Waals surface area contributed by atoms with Crippen molar-refractivity contribution >= 4 is 11.6 Å². The molecule has 0 spiro atoms. The third-order valence-electron chi connectivity index (χ3n) is 2.68. The molecule has 0 aromatic heterocycles. The molecule has 0 saturated carbocycles. The fourth-order valence-corrected chi connectivity index (χ4v) is 1.78. The maximum atomic E-state index is 12.2. The predicted octanol–water partition coefficient (Wildman–Crippen LogP) is 1.45. The first-order chi connectivity index (χ1) is 8.22. The van der Waals surface area contributed by atoms with Gasteiger partial charge in [0, 0.05) is 12.2 Å². The first-order valence-electron chi connectivity index (χ1n) is 5.60. The zero-order valence-corrected chi connectivity index (χ0v) is 9.81. The molecule has 17 heavy (non-hydrogen) atoms. The number of hydrogen-bond donors (Lipinski definition) is 1. The van der Waals surface area contributed by atoms with E-state index in [0.29, 0.717) is 30.2 Å². The number of benzene rings is 1. The maximum Gasteiger partial charge on any atom is 0.281 e. The first-order valence-corrected chi connectivity index (χ1v) is 5.60. The first kappa shape index (κ1) is 11.7. The van der Waals surface area contributed by atoms with E-state index >= 15 is 0 Å². The van der Waals surface area contributed by atoms with Gasteiger partial charge in [0.15, 0.2) is 0 Å². The highest BCUT2D eigenvalue weighted by atomic mass is 16.7.